The van der Waals surface area contributed by atoms with E-state index in [1.807, 2.05) is 7.05 Å². The van der Waals surface area contributed by atoms with Gasteiger partial charge in [0.2, 0.25) is 0 Å². The minimum Gasteiger partial charge on any atom is -0.381 e. The minimum atomic E-state index is 0. The largest absolute Gasteiger partial charge is 0.381 e. The van der Waals surface area contributed by atoms with Crippen LogP contribution in [0, 0.1) is 5.92 Å². The van der Waals surface area contributed by atoms with Crippen LogP contribution in [0.25, 0.3) is 0 Å². The predicted molar refractivity (Wildman–Crippen MR) is 101 cm³/mol. The van der Waals surface area contributed by atoms with Gasteiger partial charge in [0.25, 0.3) is 0 Å². The number of hydrogen-bond donors (Lipinski definition) is 2. The van der Waals surface area contributed by atoms with Crippen LogP contribution in [0.15, 0.2) is 4.99 Å². The van der Waals surface area contributed by atoms with Crippen LogP contribution in [0.4, 0.5) is 0 Å². The van der Waals surface area contributed by atoms with E-state index < -0.39 is 0 Å². The topological polar surface area (TPSA) is 48.9 Å². The third-order valence-corrected chi connectivity index (χ3v) is 3.93. The summed E-state index contributed by atoms with van der Waals surface area (Å²) >= 11 is 0. The molecule has 0 spiro atoms. The highest BCUT2D eigenvalue weighted by Crippen LogP contribution is 2.28. The van der Waals surface area contributed by atoms with E-state index in [9.17, 15) is 0 Å². The molecule has 0 heterocycles. The Bertz CT molecular complexity index is 304. The lowest BCUT2D eigenvalue weighted by molar-refractivity contribution is 0.123. The summed E-state index contributed by atoms with van der Waals surface area (Å²) in [4.78, 5) is 6.45. The van der Waals surface area contributed by atoms with Crippen LogP contribution in [0.1, 0.15) is 33.1 Å². The summed E-state index contributed by atoms with van der Waals surface area (Å²) in [6.45, 7) is 7.95. The summed E-state index contributed by atoms with van der Waals surface area (Å²) in [7, 11) is 5.99. The van der Waals surface area contributed by atoms with E-state index in [0.717, 1.165) is 44.6 Å². The highest BCUT2D eigenvalue weighted by atomic mass is 127. The van der Waals surface area contributed by atoms with Gasteiger partial charge in [-0.3, -0.25) is 4.99 Å². The molecule has 0 aliphatic heterocycles. The lowest BCUT2D eigenvalue weighted by atomic mass is 10.0. The van der Waals surface area contributed by atoms with Crippen LogP contribution >= 0.6 is 24.0 Å². The number of likely N-dealkylation sites (N-methyl/N-ethyl adjacent to an activating group) is 1. The number of rotatable bonds is 9. The summed E-state index contributed by atoms with van der Waals surface area (Å²) in [6.07, 6.45) is 3.73. The van der Waals surface area contributed by atoms with Crippen molar-refractivity contribution in [3.8, 4) is 0 Å². The van der Waals surface area contributed by atoms with Crippen molar-refractivity contribution in [3.05, 3.63) is 0 Å². The van der Waals surface area contributed by atoms with E-state index in [2.05, 4.69) is 48.5 Å². The van der Waals surface area contributed by atoms with Gasteiger partial charge in [-0.25, -0.2) is 0 Å². The Balaban J connectivity index is 0.00000400. The zero-order valence-corrected chi connectivity index (χ0v) is 16.6. The standard InChI is InChI=1S/C15H32N4O.HI/c1-15(2,19(4)5)12-18-14(16-3)17-9-6-10-20-11-13-7-8-13;/h13H,6-12H2,1-5H3,(H2,16,17,18);1H. The molecule has 0 radical (unpaired) electrons. The molecule has 6 heteroatoms. The molecule has 0 aromatic heterocycles. The van der Waals surface area contributed by atoms with E-state index in [-0.39, 0.29) is 29.5 Å². The summed E-state index contributed by atoms with van der Waals surface area (Å²) in [5.74, 6) is 1.72. The average Bonchev–Trinajstić information content (AvgIpc) is 3.20. The second-order valence-electron chi connectivity index (χ2n) is 6.43. The average molecular weight is 412 g/mol. The van der Waals surface area contributed by atoms with Gasteiger partial charge in [0.05, 0.1) is 0 Å². The molecule has 126 valence electrons. The van der Waals surface area contributed by atoms with Crippen LogP contribution in [0.2, 0.25) is 0 Å². The fraction of sp³-hybridized carbons (Fsp3) is 0.933. The molecule has 1 fully saturated rings. The van der Waals surface area contributed by atoms with Crippen LogP contribution in [-0.4, -0.2) is 63.8 Å². The zero-order valence-electron chi connectivity index (χ0n) is 14.2. The number of ether oxygens (including phenoxy) is 1. The normalized spacial score (nSPS) is 15.8. The lowest BCUT2D eigenvalue weighted by Crippen LogP contribution is -2.51. The fourth-order valence-corrected chi connectivity index (χ4v) is 1.59. The molecule has 1 saturated carbocycles. The maximum absolute atomic E-state index is 5.61. The summed E-state index contributed by atoms with van der Waals surface area (Å²) in [6, 6.07) is 0. The highest BCUT2D eigenvalue weighted by Gasteiger charge is 2.21. The third-order valence-electron chi connectivity index (χ3n) is 3.93. The Morgan fingerprint density at radius 3 is 2.48 bits per heavy atom. The van der Waals surface area contributed by atoms with Gasteiger partial charge in [-0.1, -0.05) is 0 Å². The van der Waals surface area contributed by atoms with Crippen molar-refractivity contribution in [3.63, 3.8) is 0 Å². The lowest BCUT2D eigenvalue weighted by Gasteiger charge is -2.33. The Labute approximate surface area is 147 Å². The van der Waals surface area contributed by atoms with Crippen molar-refractivity contribution < 1.29 is 4.74 Å². The fourth-order valence-electron chi connectivity index (χ4n) is 1.59. The minimum absolute atomic E-state index is 0. The maximum Gasteiger partial charge on any atom is 0.191 e. The molecule has 1 rings (SSSR count). The number of hydrogen-bond acceptors (Lipinski definition) is 3. The Morgan fingerprint density at radius 1 is 1.29 bits per heavy atom. The SMILES string of the molecule is CN=C(NCCCOCC1CC1)NCC(C)(C)N(C)C.I. The molecule has 21 heavy (non-hydrogen) atoms. The summed E-state index contributed by atoms with van der Waals surface area (Å²) in [5, 5.41) is 6.69. The van der Waals surface area contributed by atoms with Crippen molar-refractivity contribution in [1.29, 1.82) is 0 Å². The van der Waals surface area contributed by atoms with Gasteiger partial charge in [0.1, 0.15) is 0 Å². The van der Waals surface area contributed by atoms with Crippen LogP contribution in [0.3, 0.4) is 0 Å². The molecular weight excluding hydrogens is 379 g/mol. The highest BCUT2D eigenvalue weighted by molar-refractivity contribution is 14.0. The van der Waals surface area contributed by atoms with E-state index in [4.69, 9.17) is 4.74 Å². The Kier molecular flexibility index (Phi) is 10.6. The smallest absolute Gasteiger partial charge is 0.191 e. The Hall–Kier alpha value is -0.0800. The molecule has 0 unspecified atom stereocenters. The van der Waals surface area contributed by atoms with Crippen LogP contribution in [0.5, 0.6) is 0 Å². The van der Waals surface area contributed by atoms with Gasteiger partial charge < -0.3 is 20.3 Å². The second-order valence-corrected chi connectivity index (χ2v) is 6.43. The molecule has 2 N–H and O–H groups in total. The van der Waals surface area contributed by atoms with Crippen molar-refractivity contribution >= 4 is 29.9 Å². The number of guanidine groups is 1. The third kappa shape index (κ3) is 9.52. The van der Waals surface area contributed by atoms with Crippen LogP contribution < -0.4 is 10.6 Å². The molecule has 1 aliphatic rings. The van der Waals surface area contributed by atoms with Crippen molar-refractivity contribution in [2.24, 2.45) is 10.9 Å². The molecule has 0 amide bonds. The molecular formula is C15H33IN4O. The van der Waals surface area contributed by atoms with E-state index in [1.54, 1.807) is 0 Å². The van der Waals surface area contributed by atoms with Gasteiger partial charge in [-0.2, -0.15) is 0 Å². The number of nitrogens with one attached hydrogen (secondary N) is 2. The monoisotopic (exact) mass is 412 g/mol. The molecule has 0 aromatic rings. The number of nitrogens with zero attached hydrogens (tertiary/aromatic N) is 2. The van der Waals surface area contributed by atoms with Crippen LogP contribution in [-0.2, 0) is 4.74 Å². The molecule has 0 bridgehead atoms. The van der Waals surface area contributed by atoms with Gasteiger partial charge >= 0.3 is 0 Å². The zero-order chi connectivity index (χ0) is 15.0. The maximum atomic E-state index is 5.61. The first-order valence-corrected chi connectivity index (χ1v) is 7.65. The van der Waals surface area contributed by atoms with Crippen molar-refractivity contribution in [2.45, 2.75) is 38.6 Å². The summed E-state index contributed by atoms with van der Waals surface area (Å²) < 4.78 is 5.61. The number of aliphatic imine (C=N–C) groups is 1. The summed E-state index contributed by atoms with van der Waals surface area (Å²) in [5.41, 5.74) is 0.102. The second kappa shape index (κ2) is 10.6. The molecule has 0 saturated heterocycles. The van der Waals surface area contributed by atoms with E-state index >= 15 is 0 Å². The predicted octanol–water partition coefficient (Wildman–Crippen LogP) is 1.93. The molecule has 5 nitrogen and oxygen atoms in total. The van der Waals surface area contributed by atoms with Crippen molar-refractivity contribution in [2.75, 3.05) is 47.4 Å². The first-order valence-electron chi connectivity index (χ1n) is 7.65. The molecule has 0 aromatic carbocycles. The first kappa shape index (κ1) is 20.9. The first-order chi connectivity index (χ1) is 9.45. The van der Waals surface area contributed by atoms with Gasteiger partial charge in [-0.15, -0.1) is 24.0 Å². The van der Waals surface area contributed by atoms with Gasteiger partial charge in [0, 0.05) is 38.9 Å². The quantitative estimate of drug-likeness (QED) is 0.263. The van der Waals surface area contributed by atoms with Gasteiger partial charge in [-0.05, 0) is 53.1 Å². The van der Waals surface area contributed by atoms with E-state index in [1.165, 1.54) is 12.8 Å². The molecule has 0 atom stereocenters. The van der Waals surface area contributed by atoms with Crippen molar-refractivity contribution in [1.82, 2.24) is 15.5 Å². The molecule has 1 aliphatic carbocycles. The number of halogens is 1. The van der Waals surface area contributed by atoms with Gasteiger partial charge in [0.15, 0.2) is 5.96 Å². The Morgan fingerprint density at radius 2 is 1.95 bits per heavy atom. The van der Waals surface area contributed by atoms with E-state index in [0.29, 0.717) is 0 Å².